The van der Waals surface area contributed by atoms with Gasteiger partial charge in [-0.1, -0.05) is 13.0 Å². The van der Waals surface area contributed by atoms with Gasteiger partial charge in [0.1, 0.15) is 0 Å². The average Bonchev–Trinajstić information content (AvgIpc) is 1.96. The van der Waals surface area contributed by atoms with Gasteiger partial charge in [0.05, 0.1) is 5.66 Å². The Balaban J connectivity index is 4.74. The molecule has 0 spiro atoms. The maximum absolute atomic E-state index is 10.8. The Kier molecular flexibility index (Phi) is 4.33. The molecule has 3 N–H and O–H groups in total. The fourth-order valence-electron chi connectivity index (χ4n) is 0.813. The summed E-state index contributed by atoms with van der Waals surface area (Å²) in [7, 11) is -4.21. The fourth-order valence-corrected chi connectivity index (χ4v) is 1.71. The highest BCUT2D eigenvalue weighted by molar-refractivity contribution is 7.52. The van der Waals surface area contributed by atoms with Gasteiger partial charge in [0.25, 0.3) is 0 Å². The van der Waals surface area contributed by atoms with E-state index in [1.54, 1.807) is 6.92 Å². The Hall–Kier alpha value is -0.640. The van der Waals surface area contributed by atoms with Gasteiger partial charge < -0.3 is 14.9 Å². The molecule has 0 fully saturated rings. The van der Waals surface area contributed by atoms with Gasteiger partial charge in [-0.2, -0.15) is 0 Å². The third-order valence-corrected chi connectivity index (χ3v) is 3.01. The van der Waals surface area contributed by atoms with E-state index in [-0.39, 0.29) is 12.0 Å². The van der Waals surface area contributed by atoms with Crippen LogP contribution < -0.4 is 0 Å². The molecule has 0 saturated heterocycles. The zero-order valence-corrected chi connectivity index (χ0v) is 8.36. The summed E-state index contributed by atoms with van der Waals surface area (Å²) >= 11 is 0. The van der Waals surface area contributed by atoms with Crippen molar-refractivity contribution in [2.75, 3.05) is 0 Å². The van der Waals surface area contributed by atoms with Crippen LogP contribution in [0.5, 0.6) is 0 Å². The van der Waals surface area contributed by atoms with E-state index in [0.29, 0.717) is 0 Å². The van der Waals surface area contributed by atoms with E-state index < -0.39 is 19.2 Å². The van der Waals surface area contributed by atoms with E-state index in [9.17, 15) is 9.36 Å². The number of hydrogen-bond donors (Lipinski definition) is 3. The molecule has 0 aliphatic carbocycles. The third kappa shape index (κ3) is 4.22. The van der Waals surface area contributed by atoms with Crippen LogP contribution in [0.15, 0.2) is 11.6 Å². The van der Waals surface area contributed by atoms with Crippen LogP contribution in [0.4, 0.5) is 0 Å². The van der Waals surface area contributed by atoms with E-state index in [1.165, 1.54) is 6.92 Å². The van der Waals surface area contributed by atoms with Crippen molar-refractivity contribution in [3.05, 3.63) is 11.6 Å². The standard InChI is InChI=1S/C7H13O5P/c1-3-6(13(10,11)12)4-5(2)7(8)9/h4,6H,3H2,1-2H3,(H,8,9)(H2,10,11,12). The number of aliphatic carboxylic acids is 1. The summed E-state index contributed by atoms with van der Waals surface area (Å²) in [5, 5.41) is 8.47. The molecule has 6 heteroatoms. The largest absolute Gasteiger partial charge is 0.478 e. The maximum Gasteiger partial charge on any atom is 0.332 e. The van der Waals surface area contributed by atoms with Gasteiger partial charge in [-0.15, -0.1) is 0 Å². The Morgan fingerprint density at radius 3 is 2.23 bits per heavy atom. The molecular weight excluding hydrogens is 195 g/mol. The number of allylic oxidation sites excluding steroid dienone is 1. The van der Waals surface area contributed by atoms with E-state index in [1.807, 2.05) is 0 Å². The first-order valence-electron chi connectivity index (χ1n) is 3.76. The van der Waals surface area contributed by atoms with Crippen LogP contribution in [0.3, 0.4) is 0 Å². The first kappa shape index (κ1) is 12.4. The highest BCUT2D eigenvalue weighted by Crippen LogP contribution is 2.43. The van der Waals surface area contributed by atoms with Crippen LogP contribution in [0.1, 0.15) is 20.3 Å². The Labute approximate surface area is 76.2 Å². The van der Waals surface area contributed by atoms with Crippen LogP contribution in [-0.4, -0.2) is 26.5 Å². The number of rotatable bonds is 4. The molecule has 0 aromatic rings. The Morgan fingerprint density at radius 2 is 2.00 bits per heavy atom. The summed E-state index contributed by atoms with van der Waals surface area (Å²) in [5.41, 5.74) is -1.04. The highest BCUT2D eigenvalue weighted by atomic mass is 31.2. The van der Waals surface area contributed by atoms with Crippen molar-refractivity contribution in [2.45, 2.75) is 25.9 Å². The van der Waals surface area contributed by atoms with Crippen molar-refractivity contribution < 1.29 is 24.3 Å². The highest BCUT2D eigenvalue weighted by Gasteiger charge is 2.25. The van der Waals surface area contributed by atoms with Gasteiger partial charge in [0.2, 0.25) is 0 Å². The van der Waals surface area contributed by atoms with Crippen molar-refractivity contribution in [3.8, 4) is 0 Å². The summed E-state index contributed by atoms with van der Waals surface area (Å²) in [4.78, 5) is 27.9. The summed E-state index contributed by atoms with van der Waals surface area (Å²) in [6.07, 6.45) is 1.32. The second-order valence-electron chi connectivity index (χ2n) is 2.72. The van der Waals surface area contributed by atoms with Gasteiger partial charge in [-0.05, 0) is 13.3 Å². The molecule has 1 atom stereocenters. The molecule has 0 rings (SSSR count). The minimum absolute atomic E-state index is 0.0461. The SMILES string of the molecule is CCC(C=C(C)C(=O)O)P(=O)(O)O. The number of carboxylic acids is 1. The lowest BCUT2D eigenvalue weighted by Crippen LogP contribution is -2.07. The second-order valence-corrected chi connectivity index (χ2v) is 4.56. The molecule has 1 unspecified atom stereocenters. The van der Waals surface area contributed by atoms with Crippen LogP contribution in [0, 0.1) is 0 Å². The van der Waals surface area contributed by atoms with E-state index in [4.69, 9.17) is 14.9 Å². The maximum atomic E-state index is 10.8. The molecule has 13 heavy (non-hydrogen) atoms. The molecule has 0 aromatic carbocycles. The molecule has 0 aliphatic heterocycles. The predicted molar refractivity (Wildman–Crippen MR) is 47.5 cm³/mol. The summed E-state index contributed by atoms with van der Waals surface area (Å²) in [6, 6.07) is 0. The van der Waals surface area contributed by atoms with Crippen molar-refractivity contribution in [1.82, 2.24) is 0 Å². The summed E-state index contributed by atoms with van der Waals surface area (Å²) in [5.74, 6) is -1.16. The lowest BCUT2D eigenvalue weighted by atomic mass is 10.2. The first-order chi connectivity index (χ1) is 5.79. The van der Waals surface area contributed by atoms with Crippen LogP contribution in [0.2, 0.25) is 0 Å². The van der Waals surface area contributed by atoms with E-state index >= 15 is 0 Å². The molecule has 0 saturated carbocycles. The van der Waals surface area contributed by atoms with Crippen LogP contribution >= 0.6 is 7.60 Å². The Morgan fingerprint density at radius 1 is 1.54 bits per heavy atom. The molecule has 0 amide bonds. The molecule has 0 radical (unpaired) electrons. The topological polar surface area (TPSA) is 94.8 Å². The van der Waals surface area contributed by atoms with Gasteiger partial charge in [-0.25, -0.2) is 4.79 Å². The van der Waals surface area contributed by atoms with Gasteiger partial charge >= 0.3 is 13.6 Å². The number of hydrogen-bond acceptors (Lipinski definition) is 2. The monoisotopic (exact) mass is 208 g/mol. The summed E-state index contributed by atoms with van der Waals surface area (Å²) < 4.78 is 10.8. The lowest BCUT2D eigenvalue weighted by molar-refractivity contribution is -0.132. The molecule has 0 aliphatic rings. The first-order valence-corrected chi connectivity index (χ1v) is 5.44. The average molecular weight is 208 g/mol. The number of carbonyl (C=O) groups is 1. The van der Waals surface area contributed by atoms with Crippen LogP contribution in [0.25, 0.3) is 0 Å². The smallest absolute Gasteiger partial charge is 0.332 e. The van der Waals surface area contributed by atoms with Gasteiger partial charge in [0, 0.05) is 5.57 Å². The van der Waals surface area contributed by atoms with Gasteiger partial charge in [-0.3, -0.25) is 4.57 Å². The minimum Gasteiger partial charge on any atom is -0.478 e. The molecule has 76 valence electrons. The van der Waals surface area contributed by atoms with E-state index in [0.717, 1.165) is 6.08 Å². The fraction of sp³-hybridized carbons (Fsp3) is 0.571. The number of carboxylic acid groups (broad SMARTS) is 1. The van der Waals surface area contributed by atoms with E-state index in [2.05, 4.69) is 0 Å². The molecular formula is C7H13O5P. The molecule has 0 bridgehead atoms. The normalized spacial score (nSPS) is 15.5. The van der Waals surface area contributed by atoms with Crippen molar-refractivity contribution in [2.24, 2.45) is 0 Å². The van der Waals surface area contributed by atoms with Crippen molar-refractivity contribution >= 4 is 13.6 Å². The third-order valence-electron chi connectivity index (χ3n) is 1.63. The van der Waals surface area contributed by atoms with Crippen molar-refractivity contribution in [3.63, 3.8) is 0 Å². The second kappa shape index (κ2) is 4.56. The molecule has 5 nitrogen and oxygen atoms in total. The van der Waals surface area contributed by atoms with Crippen molar-refractivity contribution in [1.29, 1.82) is 0 Å². The summed E-state index contributed by atoms with van der Waals surface area (Å²) in [6.45, 7) is 2.90. The lowest BCUT2D eigenvalue weighted by Gasteiger charge is -2.12. The predicted octanol–water partition coefficient (Wildman–Crippen LogP) is 0.974. The zero-order chi connectivity index (χ0) is 10.6. The van der Waals surface area contributed by atoms with Gasteiger partial charge in [0.15, 0.2) is 0 Å². The minimum atomic E-state index is -4.21. The zero-order valence-electron chi connectivity index (χ0n) is 7.47. The Bertz CT molecular complexity index is 264. The quantitative estimate of drug-likeness (QED) is 0.472. The molecule has 0 heterocycles. The molecule has 0 aromatic heterocycles. The van der Waals surface area contributed by atoms with Crippen LogP contribution in [-0.2, 0) is 9.36 Å².